The van der Waals surface area contributed by atoms with Crippen LogP contribution < -0.4 is 10.0 Å². The Morgan fingerprint density at radius 3 is 2.03 bits per heavy atom. The summed E-state index contributed by atoms with van der Waals surface area (Å²) in [4.78, 5) is 4.36. The molecule has 0 unspecified atom stereocenters. The maximum Gasteiger partial charge on any atom is 0.244 e. The molecule has 0 aliphatic heterocycles. The van der Waals surface area contributed by atoms with Gasteiger partial charge in [-0.15, -0.1) is 0 Å². The Hall–Kier alpha value is -2.01. The highest BCUT2D eigenvalue weighted by Crippen LogP contribution is 2.17. The van der Waals surface area contributed by atoms with E-state index in [1.54, 1.807) is 52.0 Å². The molecule has 0 atom stereocenters. The van der Waals surface area contributed by atoms with E-state index in [4.69, 9.17) is 0 Å². The summed E-state index contributed by atoms with van der Waals surface area (Å²) in [6.45, 7) is 8.45. The molecule has 0 aliphatic rings. The Morgan fingerprint density at radius 2 is 1.53 bits per heavy atom. The molecule has 0 radical (unpaired) electrons. The summed E-state index contributed by atoms with van der Waals surface area (Å²) in [6, 6.07) is 10.3. The van der Waals surface area contributed by atoms with Crippen molar-refractivity contribution in [3.8, 4) is 0 Å². The Kier molecular flexibility index (Phi) is 8.36. The van der Waals surface area contributed by atoms with Gasteiger partial charge in [0, 0.05) is 31.9 Å². The molecule has 1 aromatic carbocycles. The van der Waals surface area contributed by atoms with E-state index in [1.165, 1.54) is 10.5 Å². The van der Waals surface area contributed by atoms with Crippen LogP contribution in [-0.4, -0.2) is 45.3 Å². The zero-order chi connectivity index (χ0) is 22.4. The van der Waals surface area contributed by atoms with Crippen LogP contribution in [0.4, 0.5) is 5.82 Å². The zero-order valence-corrected chi connectivity index (χ0v) is 19.4. The molecule has 0 bridgehead atoms. The molecular formula is C20H30N4O4S2. The molecular weight excluding hydrogens is 424 g/mol. The van der Waals surface area contributed by atoms with Gasteiger partial charge in [0.1, 0.15) is 10.7 Å². The second-order valence-electron chi connectivity index (χ2n) is 7.17. The van der Waals surface area contributed by atoms with Crippen LogP contribution in [0.1, 0.15) is 38.8 Å². The second-order valence-corrected chi connectivity index (χ2v) is 10.9. The Balaban J connectivity index is 1.98. The molecule has 0 fully saturated rings. The maximum absolute atomic E-state index is 12.5. The number of hydrogen-bond acceptors (Lipinski definition) is 6. The lowest BCUT2D eigenvalue weighted by atomic mass is 10.1. The van der Waals surface area contributed by atoms with Crippen LogP contribution in [0.3, 0.4) is 0 Å². The molecule has 8 nitrogen and oxygen atoms in total. The van der Waals surface area contributed by atoms with Crippen molar-refractivity contribution >= 4 is 25.9 Å². The van der Waals surface area contributed by atoms with Crippen LogP contribution in [0.25, 0.3) is 0 Å². The number of rotatable bonds is 11. The minimum Gasteiger partial charge on any atom is -0.366 e. The van der Waals surface area contributed by atoms with Gasteiger partial charge in [-0.25, -0.2) is 26.5 Å². The standard InChI is InChI=1S/C20H30N4O4S2/c1-5-24(6-2)30(27,28)19-11-12-20(22-14-19)21-13-17-7-9-18(10-8-17)15-29(25,26)23-16(3)4/h7-12,14,16,23H,5-6,13,15H2,1-4H3,(H,21,22). The summed E-state index contributed by atoms with van der Waals surface area (Å²) in [5.41, 5.74) is 1.66. The fourth-order valence-electron chi connectivity index (χ4n) is 2.92. The predicted octanol–water partition coefficient (Wildman–Crippen LogP) is 2.55. The molecule has 0 saturated carbocycles. The molecule has 1 aromatic heterocycles. The average molecular weight is 455 g/mol. The molecule has 0 aliphatic carbocycles. The summed E-state index contributed by atoms with van der Waals surface area (Å²) in [5.74, 6) is 0.490. The summed E-state index contributed by atoms with van der Waals surface area (Å²) >= 11 is 0. The van der Waals surface area contributed by atoms with Gasteiger partial charge in [0.2, 0.25) is 20.0 Å². The third-order valence-corrected chi connectivity index (χ3v) is 7.93. The summed E-state index contributed by atoms with van der Waals surface area (Å²) in [6.07, 6.45) is 1.35. The first-order chi connectivity index (χ1) is 14.1. The van der Waals surface area contributed by atoms with E-state index < -0.39 is 20.0 Å². The smallest absolute Gasteiger partial charge is 0.244 e. The molecule has 2 rings (SSSR count). The van der Waals surface area contributed by atoms with Gasteiger partial charge in [0.15, 0.2) is 0 Å². The zero-order valence-electron chi connectivity index (χ0n) is 17.8. The second kappa shape index (κ2) is 10.3. The van der Waals surface area contributed by atoms with Crippen molar-refractivity contribution < 1.29 is 16.8 Å². The summed E-state index contributed by atoms with van der Waals surface area (Å²) in [5, 5.41) is 3.14. The van der Waals surface area contributed by atoms with E-state index in [9.17, 15) is 16.8 Å². The van der Waals surface area contributed by atoms with Crippen molar-refractivity contribution in [3.05, 3.63) is 53.7 Å². The normalized spacial score (nSPS) is 12.5. The Labute approximate surface area is 179 Å². The van der Waals surface area contributed by atoms with E-state index in [2.05, 4.69) is 15.0 Å². The number of hydrogen-bond donors (Lipinski definition) is 2. The largest absolute Gasteiger partial charge is 0.366 e. The first kappa shape index (κ1) is 24.3. The van der Waals surface area contributed by atoms with Crippen LogP contribution in [-0.2, 0) is 32.3 Å². The number of nitrogens with one attached hydrogen (secondary N) is 2. The fraction of sp³-hybridized carbons (Fsp3) is 0.450. The van der Waals surface area contributed by atoms with Crippen LogP contribution in [0.15, 0.2) is 47.5 Å². The topological polar surface area (TPSA) is 108 Å². The first-order valence-corrected chi connectivity index (χ1v) is 12.9. The molecule has 166 valence electrons. The van der Waals surface area contributed by atoms with Gasteiger partial charge in [-0.3, -0.25) is 0 Å². The molecule has 2 N–H and O–H groups in total. The van der Waals surface area contributed by atoms with E-state index in [0.29, 0.717) is 31.0 Å². The minimum absolute atomic E-state index is 0.0665. The van der Waals surface area contributed by atoms with Gasteiger partial charge in [0.25, 0.3) is 0 Å². The third-order valence-electron chi connectivity index (χ3n) is 4.35. The highest BCUT2D eigenvalue weighted by atomic mass is 32.2. The molecule has 0 amide bonds. The van der Waals surface area contributed by atoms with E-state index >= 15 is 0 Å². The van der Waals surface area contributed by atoms with Crippen molar-refractivity contribution in [1.29, 1.82) is 0 Å². The molecule has 0 spiro atoms. The number of benzene rings is 1. The Morgan fingerprint density at radius 1 is 0.933 bits per heavy atom. The predicted molar refractivity (Wildman–Crippen MR) is 119 cm³/mol. The van der Waals surface area contributed by atoms with Gasteiger partial charge in [-0.1, -0.05) is 38.1 Å². The first-order valence-electron chi connectivity index (χ1n) is 9.85. The number of nitrogens with zero attached hydrogens (tertiary/aromatic N) is 2. The lowest BCUT2D eigenvalue weighted by Gasteiger charge is -2.18. The van der Waals surface area contributed by atoms with Gasteiger partial charge in [-0.2, -0.15) is 4.31 Å². The van der Waals surface area contributed by atoms with Gasteiger partial charge >= 0.3 is 0 Å². The van der Waals surface area contributed by atoms with Crippen molar-refractivity contribution in [2.24, 2.45) is 0 Å². The van der Waals surface area contributed by atoms with Crippen molar-refractivity contribution in [1.82, 2.24) is 14.0 Å². The molecule has 0 saturated heterocycles. The highest BCUT2D eigenvalue weighted by molar-refractivity contribution is 7.89. The van der Waals surface area contributed by atoms with Crippen molar-refractivity contribution in [2.45, 2.75) is 50.9 Å². The van der Waals surface area contributed by atoms with E-state index in [1.807, 2.05) is 12.1 Å². The van der Waals surface area contributed by atoms with Crippen LogP contribution in [0.5, 0.6) is 0 Å². The lowest BCUT2D eigenvalue weighted by molar-refractivity contribution is 0.445. The fourth-order valence-corrected chi connectivity index (χ4v) is 5.75. The maximum atomic E-state index is 12.5. The number of anilines is 1. The third kappa shape index (κ3) is 6.76. The monoisotopic (exact) mass is 454 g/mol. The molecule has 30 heavy (non-hydrogen) atoms. The van der Waals surface area contributed by atoms with Gasteiger partial charge in [-0.05, 0) is 37.1 Å². The quantitative estimate of drug-likeness (QED) is 0.540. The molecule has 2 aromatic rings. The number of sulfonamides is 2. The van der Waals surface area contributed by atoms with Crippen LogP contribution >= 0.6 is 0 Å². The van der Waals surface area contributed by atoms with Crippen molar-refractivity contribution in [3.63, 3.8) is 0 Å². The van der Waals surface area contributed by atoms with E-state index in [0.717, 1.165) is 5.56 Å². The average Bonchev–Trinajstić information content (AvgIpc) is 2.67. The molecule has 1 heterocycles. The van der Waals surface area contributed by atoms with Crippen LogP contribution in [0, 0.1) is 0 Å². The molecule has 10 heteroatoms. The van der Waals surface area contributed by atoms with E-state index in [-0.39, 0.29) is 16.7 Å². The van der Waals surface area contributed by atoms with Crippen LogP contribution in [0.2, 0.25) is 0 Å². The minimum atomic E-state index is -3.52. The van der Waals surface area contributed by atoms with Gasteiger partial charge < -0.3 is 5.32 Å². The number of pyridine rings is 1. The van der Waals surface area contributed by atoms with Crippen molar-refractivity contribution in [2.75, 3.05) is 18.4 Å². The highest BCUT2D eigenvalue weighted by Gasteiger charge is 2.21. The number of aromatic nitrogens is 1. The lowest BCUT2D eigenvalue weighted by Crippen LogP contribution is -2.31. The Bertz CT molecular complexity index is 1020. The summed E-state index contributed by atoms with van der Waals surface area (Å²) in [7, 11) is -6.88. The van der Waals surface area contributed by atoms with Gasteiger partial charge in [0.05, 0.1) is 5.75 Å². The summed E-state index contributed by atoms with van der Waals surface area (Å²) < 4.78 is 52.9. The SMILES string of the molecule is CCN(CC)S(=O)(=O)c1ccc(NCc2ccc(CS(=O)(=O)NC(C)C)cc2)nc1.